The van der Waals surface area contributed by atoms with E-state index in [1.165, 1.54) is 12.5 Å². The fraction of sp³-hybridized carbons (Fsp3) is 0.263. The first-order valence-electron chi connectivity index (χ1n) is 8.33. The lowest BCUT2D eigenvalue weighted by Crippen LogP contribution is -2.48. The number of piperazine rings is 1. The molecule has 25 heavy (non-hydrogen) atoms. The Balaban J connectivity index is 1.33. The molecule has 6 nitrogen and oxygen atoms in total. The third-order valence-electron chi connectivity index (χ3n) is 4.39. The molecule has 0 spiro atoms. The van der Waals surface area contributed by atoms with Crippen LogP contribution in [0.3, 0.4) is 0 Å². The SMILES string of the molecule is O=C(c1ccoc1)N1CCN(Cc2coc(-c3ccccc3)n2)CC1. The van der Waals surface area contributed by atoms with Gasteiger partial charge in [0.1, 0.15) is 12.5 Å². The molecule has 0 radical (unpaired) electrons. The van der Waals surface area contributed by atoms with Crippen LogP contribution in [0.2, 0.25) is 0 Å². The predicted molar refractivity (Wildman–Crippen MR) is 91.8 cm³/mol. The van der Waals surface area contributed by atoms with Crippen molar-refractivity contribution in [2.24, 2.45) is 0 Å². The molecule has 0 bridgehead atoms. The number of carbonyl (C=O) groups excluding carboxylic acids is 1. The van der Waals surface area contributed by atoms with Gasteiger partial charge in [0.15, 0.2) is 0 Å². The van der Waals surface area contributed by atoms with Crippen LogP contribution in [0.4, 0.5) is 0 Å². The zero-order valence-corrected chi connectivity index (χ0v) is 13.8. The second-order valence-corrected chi connectivity index (χ2v) is 6.09. The van der Waals surface area contributed by atoms with Crippen LogP contribution in [0.25, 0.3) is 11.5 Å². The molecule has 0 aliphatic carbocycles. The summed E-state index contributed by atoms with van der Waals surface area (Å²) in [4.78, 5) is 21.0. The van der Waals surface area contributed by atoms with Crippen LogP contribution in [0.1, 0.15) is 16.1 Å². The van der Waals surface area contributed by atoms with Crippen molar-refractivity contribution in [1.82, 2.24) is 14.8 Å². The molecule has 1 saturated heterocycles. The number of amides is 1. The number of benzene rings is 1. The van der Waals surface area contributed by atoms with Gasteiger partial charge in [-0.05, 0) is 18.2 Å². The first-order valence-corrected chi connectivity index (χ1v) is 8.33. The zero-order valence-electron chi connectivity index (χ0n) is 13.8. The van der Waals surface area contributed by atoms with Crippen molar-refractivity contribution in [3.8, 4) is 11.5 Å². The van der Waals surface area contributed by atoms with Crippen LogP contribution in [0.5, 0.6) is 0 Å². The Hall–Kier alpha value is -2.86. The Labute approximate surface area is 145 Å². The zero-order chi connectivity index (χ0) is 17.1. The lowest BCUT2D eigenvalue weighted by atomic mass is 10.2. The van der Waals surface area contributed by atoms with Crippen LogP contribution in [-0.4, -0.2) is 46.9 Å². The molecule has 3 aromatic rings. The highest BCUT2D eigenvalue weighted by Gasteiger charge is 2.23. The van der Waals surface area contributed by atoms with Gasteiger partial charge in [-0.15, -0.1) is 0 Å². The van der Waals surface area contributed by atoms with Gasteiger partial charge >= 0.3 is 0 Å². The maximum Gasteiger partial charge on any atom is 0.257 e. The molecule has 0 saturated carbocycles. The highest BCUT2D eigenvalue weighted by molar-refractivity contribution is 5.93. The minimum atomic E-state index is 0.0289. The molecule has 4 rings (SSSR count). The lowest BCUT2D eigenvalue weighted by molar-refractivity contribution is 0.0626. The first kappa shape index (κ1) is 15.7. The Bertz CT molecular complexity index is 819. The monoisotopic (exact) mass is 337 g/mol. The summed E-state index contributed by atoms with van der Waals surface area (Å²) < 4.78 is 10.6. The van der Waals surface area contributed by atoms with Gasteiger partial charge in [-0.1, -0.05) is 18.2 Å². The molecule has 3 heterocycles. The van der Waals surface area contributed by atoms with E-state index < -0.39 is 0 Å². The van der Waals surface area contributed by atoms with E-state index in [2.05, 4.69) is 9.88 Å². The number of hydrogen-bond acceptors (Lipinski definition) is 5. The number of furan rings is 1. The highest BCUT2D eigenvalue weighted by atomic mass is 16.3. The average molecular weight is 337 g/mol. The lowest BCUT2D eigenvalue weighted by Gasteiger charge is -2.34. The molecule has 1 fully saturated rings. The summed E-state index contributed by atoms with van der Waals surface area (Å²) in [6, 6.07) is 11.6. The van der Waals surface area contributed by atoms with E-state index in [-0.39, 0.29) is 5.91 Å². The van der Waals surface area contributed by atoms with Gasteiger partial charge in [0.05, 0.1) is 17.5 Å². The van der Waals surface area contributed by atoms with Crippen molar-refractivity contribution >= 4 is 5.91 Å². The number of hydrogen-bond donors (Lipinski definition) is 0. The molecule has 0 unspecified atom stereocenters. The van der Waals surface area contributed by atoms with E-state index in [0.29, 0.717) is 24.5 Å². The third kappa shape index (κ3) is 3.49. The van der Waals surface area contributed by atoms with E-state index >= 15 is 0 Å². The summed E-state index contributed by atoms with van der Waals surface area (Å²) in [5.41, 5.74) is 2.50. The highest BCUT2D eigenvalue weighted by Crippen LogP contribution is 2.19. The fourth-order valence-corrected chi connectivity index (χ4v) is 3.00. The van der Waals surface area contributed by atoms with Crippen LogP contribution in [0, 0.1) is 0 Å². The van der Waals surface area contributed by atoms with Crippen LogP contribution < -0.4 is 0 Å². The van der Waals surface area contributed by atoms with Crippen molar-refractivity contribution in [3.05, 3.63) is 66.4 Å². The van der Waals surface area contributed by atoms with Crippen molar-refractivity contribution in [1.29, 1.82) is 0 Å². The smallest absolute Gasteiger partial charge is 0.257 e. The van der Waals surface area contributed by atoms with Crippen LogP contribution in [-0.2, 0) is 6.54 Å². The number of aromatic nitrogens is 1. The second kappa shape index (κ2) is 6.94. The van der Waals surface area contributed by atoms with E-state index in [1.807, 2.05) is 35.2 Å². The van der Waals surface area contributed by atoms with Gasteiger partial charge in [0.2, 0.25) is 5.89 Å². The molecule has 0 N–H and O–H groups in total. The van der Waals surface area contributed by atoms with Crippen molar-refractivity contribution in [2.75, 3.05) is 26.2 Å². The normalized spacial score (nSPS) is 15.4. The molecule has 6 heteroatoms. The number of oxazole rings is 1. The van der Waals surface area contributed by atoms with Crippen molar-refractivity contribution in [3.63, 3.8) is 0 Å². The van der Waals surface area contributed by atoms with Gasteiger partial charge in [-0.2, -0.15) is 0 Å². The van der Waals surface area contributed by atoms with Crippen LogP contribution >= 0.6 is 0 Å². The Kier molecular flexibility index (Phi) is 4.35. The van der Waals surface area contributed by atoms with Gasteiger partial charge < -0.3 is 13.7 Å². The van der Waals surface area contributed by atoms with Gasteiger partial charge in [-0.25, -0.2) is 4.98 Å². The average Bonchev–Trinajstić information content (AvgIpc) is 3.35. The Morgan fingerprint density at radius 1 is 1.04 bits per heavy atom. The summed E-state index contributed by atoms with van der Waals surface area (Å²) >= 11 is 0. The molecule has 1 amide bonds. The van der Waals surface area contributed by atoms with E-state index in [4.69, 9.17) is 8.83 Å². The topological polar surface area (TPSA) is 62.7 Å². The summed E-state index contributed by atoms with van der Waals surface area (Å²) in [5, 5.41) is 0. The third-order valence-corrected chi connectivity index (χ3v) is 4.39. The maximum atomic E-state index is 12.3. The Morgan fingerprint density at radius 2 is 1.84 bits per heavy atom. The summed E-state index contributed by atoms with van der Waals surface area (Å²) in [6.45, 7) is 3.76. The first-order chi connectivity index (χ1) is 12.3. The largest absolute Gasteiger partial charge is 0.472 e. The minimum Gasteiger partial charge on any atom is -0.472 e. The van der Waals surface area contributed by atoms with Gasteiger partial charge in [0.25, 0.3) is 5.91 Å². The quantitative estimate of drug-likeness (QED) is 0.732. The Morgan fingerprint density at radius 3 is 2.56 bits per heavy atom. The molecule has 1 aromatic carbocycles. The van der Waals surface area contributed by atoms with E-state index in [0.717, 1.165) is 30.9 Å². The molecule has 1 aliphatic heterocycles. The summed E-state index contributed by atoms with van der Waals surface area (Å²) in [6.07, 6.45) is 4.74. The molecular weight excluding hydrogens is 318 g/mol. The second-order valence-electron chi connectivity index (χ2n) is 6.09. The van der Waals surface area contributed by atoms with E-state index in [9.17, 15) is 4.79 Å². The van der Waals surface area contributed by atoms with Crippen LogP contribution in [0.15, 0.2) is 64.0 Å². The number of carbonyl (C=O) groups is 1. The summed E-state index contributed by atoms with van der Waals surface area (Å²) in [7, 11) is 0. The van der Waals surface area contributed by atoms with E-state index in [1.54, 1.807) is 12.3 Å². The minimum absolute atomic E-state index is 0.0289. The van der Waals surface area contributed by atoms with Gasteiger partial charge in [-0.3, -0.25) is 9.69 Å². The molecule has 128 valence electrons. The molecule has 0 atom stereocenters. The standard InChI is InChI=1S/C19H19N3O3/c23-19(16-6-11-24-13-16)22-9-7-21(8-10-22)12-17-14-25-18(20-17)15-4-2-1-3-5-15/h1-6,11,13-14H,7-10,12H2. The molecule has 2 aromatic heterocycles. The van der Waals surface area contributed by atoms with Gasteiger partial charge in [0, 0.05) is 38.3 Å². The predicted octanol–water partition coefficient (Wildman–Crippen LogP) is 2.89. The van der Waals surface area contributed by atoms with Crippen molar-refractivity contribution in [2.45, 2.75) is 6.54 Å². The van der Waals surface area contributed by atoms with Crippen molar-refractivity contribution < 1.29 is 13.6 Å². The molecular formula is C19H19N3O3. The molecule has 1 aliphatic rings. The fourth-order valence-electron chi connectivity index (χ4n) is 3.00. The maximum absolute atomic E-state index is 12.3. The number of rotatable bonds is 4. The number of nitrogens with zero attached hydrogens (tertiary/aromatic N) is 3. The summed E-state index contributed by atoms with van der Waals surface area (Å²) in [5.74, 6) is 0.672.